The summed E-state index contributed by atoms with van der Waals surface area (Å²) in [5.41, 5.74) is 2.49. The van der Waals surface area contributed by atoms with Gasteiger partial charge in [-0.1, -0.05) is 5.16 Å². The fraction of sp³-hybridized carbons (Fsp3) is 0.429. The Morgan fingerprint density at radius 1 is 1.07 bits per heavy atom. The van der Waals surface area contributed by atoms with Gasteiger partial charge in [0.25, 0.3) is 15.9 Å². The predicted molar refractivity (Wildman–Crippen MR) is 154 cm³/mol. The van der Waals surface area contributed by atoms with E-state index in [0.29, 0.717) is 52.7 Å². The smallest absolute Gasteiger partial charge is 0.270 e. The van der Waals surface area contributed by atoms with Crippen molar-refractivity contribution in [3.05, 3.63) is 41.6 Å². The molecule has 1 saturated heterocycles. The molecule has 1 saturated carbocycles. The summed E-state index contributed by atoms with van der Waals surface area (Å²) in [4.78, 5) is 1.36. The van der Waals surface area contributed by atoms with E-state index >= 15 is 0 Å². The van der Waals surface area contributed by atoms with Crippen LogP contribution in [-0.4, -0.2) is 69.0 Å². The van der Waals surface area contributed by atoms with Crippen molar-refractivity contribution in [3.63, 3.8) is 0 Å². The van der Waals surface area contributed by atoms with E-state index < -0.39 is 15.9 Å². The van der Waals surface area contributed by atoms with Crippen LogP contribution in [0.15, 0.2) is 39.8 Å². The number of piperidine rings is 1. The van der Waals surface area contributed by atoms with Crippen LogP contribution in [0.2, 0.25) is 0 Å². The maximum Gasteiger partial charge on any atom is 0.270 e. The molecule has 0 amide bonds. The van der Waals surface area contributed by atoms with Crippen molar-refractivity contribution in [3.8, 4) is 17.2 Å². The fourth-order valence-corrected chi connectivity index (χ4v) is 6.67. The Labute approximate surface area is 246 Å². The molecule has 1 aliphatic heterocycles. The monoisotopic (exact) mass is 618 g/mol. The number of methoxy groups -OCH3 is 3. The molecule has 2 aromatic heterocycles. The summed E-state index contributed by atoms with van der Waals surface area (Å²) in [7, 11) is -0.193. The first-order chi connectivity index (χ1) is 20.6. The van der Waals surface area contributed by atoms with E-state index in [9.17, 15) is 17.2 Å². The molecule has 6 rings (SSSR count). The highest BCUT2D eigenvalue weighted by atomic mass is 32.2. The number of likely N-dealkylation sites (tertiary alicyclic amines) is 1. The highest BCUT2D eigenvalue weighted by Gasteiger charge is 2.35. The van der Waals surface area contributed by atoms with E-state index in [1.165, 1.54) is 33.5 Å². The summed E-state index contributed by atoms with van der Waals surface area (Å²) >= 11 is 0. The van der Waals surface area contributed by atoms with Gasteiger partial charge in [0.15, 0.2) is 22.1 Å². The Balaban J connectivity index is 1.27. The summed E-state index contributed by atoms with van der Waals surface area (Å²) in [6, 6.07) is 8.21. The maximum atomic E-state index is 13.9. The van der Waals surface area contributed by atoms with Gasteiger partial charge >= 0.3 is 0 Å². The molecule has 0 bridgehead atoms. The number of aromatic nitrogens is 3. The number of benzene rings is 2. The third kappa shape index (κ3) is 6.04. The summed E-state index contributed by atoms with van der Waals surface area (Å²) < 4.78 is 79.6. The number of hydrogen-bond donors (Lipinski definition) is 3. The molecule has 0 spiro atoms. The molecule has 1 aliphatic carbocycles. The summed E-state index contributed by atoms with van der Waals surface area (Å²) in [6.07, 6.45) is 2.49. The molecule has 0 atom stereocenters. The van der Waals surface area contributed by atoms with Crippen LogP contribution in [0.5, 0.6) is 17.2 Å². The standard InChI is InChI=1S/C28H32F2N6O6S/c1-39-22-11-18-21(12-20(22)31-25-13-19(32-33-25)17-5-6-17)42-34-27(18)35-43(37,38)26-23(40-2)9-16(10-24(26)41-3)14-36-8-4-7-28(29,30)15-36/h9-13,17H,4-8,14-15H2,1-3H3,(H,34,35)(H2,31,32,33). The Hall–Kier alpha value is -4.11. The van der Waals surface area contributed by atoms with Crippen LogP contribution >= 0.6 is 0 Å². The number of anilines is 3. The number of nitrogens with zero attached hydrogens (tertiary/aromatic N) is 3. The van der Waals surface area contributed by atoms with Crippen molar-refractivity contribution < 1.29 is 35.9 Å². The maximum absolute atomic E-state index is 13.9. The van der Waals surface area contributed by atoms with Crippen molar-refractivity contribution in [1.29, 1.82) is 0 Å². The highest BCUT2D eigenvalue weighted by molar-refractivity contribution is 7.93. The average Bonchev–Trinajstić information content (AvgIpc) is 3.60. The molecule has 2 aromatic carbocycles. The lowest BCUT2D eigenvalue weighted by atomic mass is 10.1. The minimum absolute atomic E-state index is 0.00736. The fourth-order valence-electron chi connectivity index (χ4n) is 5.36. The SMILES string of the molecule is COc1cc2c(NS(=O)(=O)c3c(OC)cc(CN4CCCC(F)(F)C4)cc3OC)noc2cc1Nc1cc(C2CC2)[nH]n1. The number of fused-ring (bicyclic) bond motifs is 1. The largest absolute Gasteiger partial charge is 0.495 e. The summed E-state index contributed by atoms with van der Waals surface area (Å²) in [5.74, 6) is -1.32. The van der Waals surface area contributed by atoms with Crippen molar-refractivity contribution in [1.82, 2.24) is 20.3 Å². The van der Waals surface area contributed by atoms with Crippen molar-refractivity contribution >= 4 is 38.3 Å². The van der Waals surface area contributed by atoms with E-state index in [4.69, 9.17) is 18.7 Å². The molecule has 230 valence electrons. The Bertz CT molecular complexity index is 1730. The molecule has 43 heavy (non-hydrogen) atoms. The zero-order valence-electron chi connectivity index (χ0n) is 23.9. The molecule has 12 nitrogen and oxygen atoms in total. The van der Waals surface area contributed by atoms with Crippen LogP contribution in [0, 0.1) is 0 Å². The molecular formula is C28H32F2N6O6S. The van der Waals surface area contributed by atoms with Crippen LogP contribution in [-0.2, 0) is 16.6 Å². The lowest BCUT2D eigenvalue weighted by Crippen LogP contribution is -2.42. The minimum atomic E-state index is -4.33. The predicted octanol–water partition coefficient (Wildman–Crippen LogP) is 5.23. The summed E-state index contributed by atoms with van der Waals surface area (Å²) in [5, 5.41) is 14.8. The first-order valence-electron chi connectivity index (χ1n) is 13.8. The zero-order chi connectivity index (χ0) is 30.4. The van der Waals surface area contributed by atoms with Gasteiger partial charge in [0, 0.05) is 36.7 Å². The third-order valence-electron chi connectivity index (χ3n) is 7.57. The first-order valence-corrected chi connectivity index (χ1v) is 15.2. The van der Waals surface area contributed by atoms with Gasteiger partial charge in [-0.15, -0.1) is 0 Å². The van der Waals surface area contributed by atoms with Crippen molar-refractivity contribution in [2.75, 3.05) is 44.5 Å². The number of alkyl halides is 2. The first kappa shape index (κ1) is 29.0. The van der Waals surface area contributed by atoms with Gasteiger partial charge in [-0.25, -0.2) is 17.2 Å². The van der Waals surface area contributed by atoms with Gasteiger partial charge in [-0.2, -0.15) is 5.10 Å². The summed E-state index contributed by atoms with van der Waals surface area (Å²) in [6.45, 7) is 0.313. The Morgan fingerprint density at radius 2 is 1.79 bits per heavy atom. The van der Waals surface area contributed by atoms with Gasteiger partial charge in [0.1, 0.15) is 17.2 Å². The van der Waals surface area contributed by atoms with Gasteiger partial charge in [0.05, 0.1) is 38.9 Å². The van der Waals surface area contributed by atoms with Crippen molar-refractivity contribution in [2.24, 2.45) is 0 Å². The molecule has 3 N–H and O–H groups in total. The molecule has 0 unspecified atom stereocenters. The van der Waals surface area contributed by atoms with Crippen LogP contribution in [0.3, 0.4) is 0 Å². The number of hydrogen-bond acceptors (Lipinski definition) is 10. The van der Waals surface area contributed by atoms with E-state index in [1.807, 2.05) is 6.07 Å². The second kappa shape index (κ2) is 11.2. The topological polar surface area (TPSA) is 144 Å². The minimum Gasteiger partial charge on any atom is -0.495 e. The number of ether oxygens (including phenoxy) is 3. The van der Waals surface area contributed by atoms with Gasteiger partial charge in [-0.05, 0) is 49.6 Å². The number of halogens is 2. The quantitative estimate of drug-likeness (QED) is 0.204. The second-order valence-corrected chi connectivity index (χ2v) is 12.4. The number of aromatic amines is 1. The van der Waals surface area contributed by atoms with E-state index in [0.717, 1.165) is 18.5 Å². The van der Waals surface area contributed by atoms with Gasteiger partial charge < -0.3 is 24.1 Å². The molecule has 4 aromatic rings. The van der Waals surface area contributed by atoms with E-state index in [2.05, 4.69) is 25.4 Å². The molecule has 0 radical (unpaired) electrons. The Kier molecular flexibility index (Phi) is 7.54. The normalized spacial score (nSPS) is 17.1. The molecule has 2 aliphatic rings. The zero-order valence-corrected chi connectivity index (χ0v) is 24.7. The van der Waals surface area contributed by atoms with Gasteiger partial charge in [-0.3, -0.25) is 14.7 Å². The number of nitrogens with one attached hydrogen (secondary N) is 3. The molecular weight excluding hydrogens is 586 g/mol. The molecule has 3 heterocycles. The molecule has 2 fully saturated rings. The van der Waals surface area contributed by atoms with E-state index in [-0.39, 0.29) is 41.7 Å². The van der Waals surface area contributed by atoms with E-state index in [1.54, 1.807) is 17.0 Å². The van der Waals surface area contributed by atoms with Gasteiger partial charge in [0.2, 0.25) is 0 Å². The highest BCUT2D eigenvalue weighted by Crippen LogP contribution is 2.42. The third-order valence-corrected chi connectivity index (χ3v) is 8.97. The Morgan fingerprint density at radius 3 is 2.44 bits per heavy atom. The average molecular weight is 619 g/mol. The van der Waals surface area contributed by atoms with Crippen LogP contribution in [0.1, 0.15) is 42.9 Å². The number of H-pyrrole nitrogens is 1. The number of rotatable bonds is 11. The van der Waals surface area contributed by atoms with Crippen LogP contribution in [0.25, 0.3) is 11.0 Å². The molecule has 15 heteroatoms. The lowest BCUT2D eigenvalue weighted by Gasteiger charge is -2.32. The number of sulfonamides is 1. The van der Waals surface area contributed by atoms with Crippen LogP contribution < -0.4 is 24.2 Å². The van der Waals surface area contributed by atoms with Crippen LogP contribution in [0.4, 0.5) is 26.1 Å². The lowest BCUT2D eigenvalue weighted by molar-refractivity contribution is -0.0661. The van der Waals surface area contributed by atoms with Crippen molar-refractivity contribution in [2.45, 2.75) is 49.0 Å². The second-order valence-electron chi connectivity index (χ2n) is 10.8.